The fourth-order valence-corrected chi connectivity index (χ4v) is 7.00. The number of hydrogen-bond donors (Lipinski definition) is 0. The summed E-state index contributed by atoms with van der Waals surface area (Å²) in [6.07, 6.45) is 4.97. The predicted octanol–water partition coefficient (Wildman–Crippen LogP) is 11.6. The monoisotopic (exact) mass is 522 g/mol. The van der Waals surface area contributed by atoms with E-state index in [1.54, 1.807) is 5.57 Å². The van der Waals surface area contributed by atoms with E-state index in [2.05, 4.69) is 146 Å². The summed E-state index contributed by atoms with van der Waals surface area (Å²) in [5.74, 6) is 2.24. The van der Waals surface area contributed by atoms with Crippen LogP contribution in [0.4, 0.5) is 0 Å². The summed E-state index contributed by atoms with van der Waals surface area (Å²) in [4.78, 5) is 0. The molecule has 40 heavy (non-hydrogen) atoms. The van der Waals surface area contributed by atoms with E-state index < -0.39 is 0 Å². The largest absolute Gasteiger partial charge is 0.0642 e. The van der Waals surface area contributed by atoms with E-state index in [9.17, 15) is 0 Å². The topological polar surface area (TPSA) is 0 Å². The molecule has 0 bridgehead atoms. The van der Waals surface area contributed by atoms with Crippen LogP contribution in [-0.2, 0) is 0 Å². The minimum absolute atomic E-state index is 0.337. The number of rotatable bonds is 6. The van der Waals surface area contributed by atoms with Crippen LogP contribution in [0.25, 0.3) is 34.4 Å². The van der Waals surface area contributed by atoms with E-state index in [0.29, 0.717) is 29.6 Å². The first-order chi connectivity index (χ1) is 19.2. The number of benzene rings is 4. The summed E-state index contributed by atoms with van der Waals surface area (Å²) < 4.78 is 0. The lowest BCUT2D eigenvalue weighted by Crippen LogP contribution is -2.15. The highest BCUT2D eigenvalue weighted by atomic mass is 14.4. The number of fused-ring (bicyclic) bond motifs is 2. The minimum atomic E-state index is 0.337. The maximum absolute atomic E-state index is 2.53. The molecule has 0 amide bonds. The van der Waals surface area contributed by atoms with E-state index in [1.165, 1.54) is 61.2 Å². The molecule has 2 atom stereocenters. The van der Waals surface area contributed by atoms with Crippen molar-refractivity contribution in [1.29, 1.82) is 0 Å². The van der Waals surface area contributed by atoms with Crippen molar-refractivity contribution in [3.63, 3.8) is 0 Å². The third kappa shape index (κ3) is 4.48. The van der Waals surface area contributed by atoms with Gasteiger partial charge in [0.15, 0.2) is 0 Å². The Balaban J connectivity index is 1.48. The van der Waals surface area contributed by atoms with Gasteiger partial charge in [0.1, 0.15) is 0 Å². The van der Waals surface area contributed by atoms with Crippen LogP contribution in [0.5, 0.6) is 0 Å². The zero-order valence-electron chi connectivity index (χ0n) is 25.1. The summed E-state index contributed by atoms with van der Waals surface area (Å²) in [5, 5.41) is 0. The molecule has 0 nitrogen and oxygen atoms in total. The van der Waals surface area contributed by atoms with Gasteiger partial charge in [0.25, 0.3) is 0 Å². The van der Waals surface area contributed by atoms with Crippen LogP contribution in [0.2, 0.25) is 0 Å². The van der Waals surface area contributed by atoms with Gasteiger partial charge in [0, 0.05) is 11.8 Å². The Bertz CT molecular complexity index is 1600. The Morgan fingerprint density at radius 2 is 1.07 bits per heavy atom. The highest BCUT2D eigenvalue weighted by Crippen LogP contribution is 2.56. The third-order valence-corrected chi connectivity index (χ3v) is 9.25. The van der Waals surface area contributed by atoms with Crippen molar-refractivity contribution in [3.8, 4) is 22.3 Å². The lowest BCUT2D eigenvalue weighted by molar-refractivity contribution is 0.612. The van der Waals surface area contributed by atoms with Gasteiger partial charge in [0.05, 0.1) is 0 Å². The number of allylic oxidation sites excluding steroid dienone is 2. The van der Waals surface area contributed by atoms with Crippen molar-refractivity contribution in [3.05, 3.63) is 129 Å². The molecule has 2 aliphatic rings. The Kier molecular flexibility index (Phi) is 6.91. The van der Waals surface area contributed by atoms with Crippen molar-refractivity contribution in [2.75, 3.05) is 0 Å². The van der Waals surface area contributed by atoms with E-state index in [1.807, 2.05) is 0 Å². The van der Waals surface area contributed by atoms with Gasteiger partial charge in [-0.25, -0.2) is 0 Å². The van der Waals surface area contributed by atoms with E-state index in [-0.39, 0.29) is 0 Å². The Morgan fingerprint density at radius 1 is 0.525 bits per heavy atom. The maximum Gasteiger partial charge on any atom is 0.0167 e. The number of hydrogen-bond acceptors (Lipinski definition) is 0. The molecule has 0 heteroatoms. The van der Waals surface area contributed by atoms with Crippen molar-refractivity contribution < 1.29 is 0 Å². The molecule has 2 unspecified atom stereocenters. The quantitative estimate of drug-likeness (QED) is 0.236. The molecule has 2 aliphatic carbocycles. The van der Waals surface area contributed by atoms with Crippen LogP contribution in [-0.4, -0.2) is 0 Å². The van der Waals surface area contributed by atoms with Crippen LogP contribution in [0.15, 0.2) is 96.1 Å². The van der Waals surface area contributed by atoms with Gasteiger partial charge in [-0.1, -0.05) is 150 Å². The molecule has 0 saturated heterocycles. The van der Waals surface area contributed by atoms with Crippen molar-refractivity contribution in [2.45, 2.75) is 72.1 Å². The van der Waals surface area contributed by atoms with Gasteiger partial charge in [-0.15, -0.1) is 0 Å². The van der Waals surface area contributed by atoms with Crippen LogP contribution < -0.4 is 0 Å². The molecule has 0 heterocycles. The lowest BCUT2D eigenvalue weighted by atomic mass is 9.73. The van der Waals surface area contributed by atoms with E-state index >= 15 is 0 Å². The summed E-state index contributed by atoms with van der Waals surface area (Å²) in [5.41, 5.74) is 16.9. The van der Waals surface area contributed by atoms with Crippen LogP contribution in [0, 0.1) is 5.92 Å². The Morgan fingerprint density at radius 3 is 1.65 bits per heavy atom. The first-order valence-electron chi connectivity index (χ1n) is 15.1. The average molecular weight is 523 g/mol. The zero-order chi connectivity index (χ0) is 28.1. The second-order valence-electron chi connectivity index (χ2n) is 12.8. The molecule has 0 saturated carbocycles. The smallest absolute Gasteiger partial charge is 0.0167 e. The summed E-state index contributed by atoms with van der Waals surface area (Å²) in [7, 11) is 0. The van der Waals surface area contributed by atoms with E-state index in [0.717, 1.165) is 0 Å². The van der Waals surface area contributed by atoms with Gasteiger partial charge in [0.2, 0.25) is 0 Å². The van der Waals surface area contributed by atoms with Gasteiger partial charge < -0.3 is 0 Å². The molecular weight excluding hydrogens is 480 g/mol. The highest BCUT2D eigenvalue weighted by Gasteiger charge is 2.40. The third-order valence-electron chi connectivity index (χ3n) is 9.25. The van der Waals surface area contributed by atoms with Gasteiger partial charge >= 0.3 is 0 Å². The molecule has 4 aromatic rings. The molecule has 202 valence electrons. The van der Waals surface area contributed by atoms with Crippen LogP contribution in [0.3, 0.4) is 0 Å². The normalized spacial score (nSPS) is 17.9. The summed E-state index contributed by atoms with van der Waals surface area (Å²) in [6, 6.07) is 32.4. The van der Waals surface area contributed by atoms with Gasteiger partial charge in [-0.2, -0.15) is 0 Å². The second-order valence-corrected chi connectivity index (χ2v) is 12.8. The fourth-order valence-electron chi connectivity index (χ4n) is 7.00. The van der Waals surface area contributed by atoms with Crippen molar-refractivity contribution in [1.82, 2.24) is 0 Å². The van der Waals surface area contributed by atoms with Crippen molar-refractivity contribution >= 4 is 12.2 Å². The van der Waals surface area contributed by atoms with E-state index in [4.69, 9.17) is 0 Å². The molecule has 6 rings (SSSR count). The maximum atomic E-state index is 2.53. The van der Waals surface area contributed by atoms with Crippen LogP contribution >= 0.6 is 0 Å². The van der Waals surface area contributed by atoms with Gasteiger partial charge in [-0.3, -0.25) is 0 Å². The predicted molar refractivity (Wildman–Crippen MR) is 174 cm³/mol. The zero-order valence-corrected chi connectivity index (χ0v) is 25.1. The Hall–Kier alpha value is -3.64. The lowest BCUT2D eigenvalue weighted by Gasteiger charge is -2.30. The molecular formula is C40H42. The molecule has 4 aromatic carbocycles. The van der Waals surface area contributed by atoms with Crippen molar-refractivity contribution in [2.24, 2.45) is 5.92 Å². The first-order valence-corrected chi connectivity index (χ1v) is 15.1. The first kappa shape index (κ1) is 26.6. The SMILES string of the molecule is CC1=Cc2cccc(-c3ccc(C(C)C)cc3)c2C1C1C(C(C)C)=Cc2c(-c3ccc(C(C)C)cc3)cccc21. The molecule has 0 fully saturated rings. The molecule has 0 N–H and O–H groups in total. The molecule has 0 aromatic heterocycles. The minimum Gasteiger partial charge on any atom is -0.0642 e. The second kappa shape index (κ2) is 10.4. The summed E-state index contributed by atoms with van der Waals surface area (Å²) >= 11 is 0. The van der Waals surface area contributed by atoms with Gasteiger partial charge in [-0.05, 0) is 80.3 Å². The average Bonchev–Trinajstić information content (AvgIpc) is 3.49. The van der Waals surface area contributed by atoms with Crippen LogP contribution in [0.1, 0.15) is 106 Å². The summed E-state index contributed by atoms with van der Waals surface area (Å²) in [6.45, 7) is 16.1. The fraction of sp³-hybridized carbons (Fsp3) is 0.300. The highest BCUT2D eigenvalue weighted by molar-refractivity contribution is 5.85. The Labute approximate surface area is 241 Å². The molecule has 0 radical (unpaired) electrons. The molecule has 0 spiro atoms. The molecule has 0 aliphatic heterocycles. The standard InChI is InChI=1S/C40H42/c1-24(2)28-14-18-30(19-15-28)33-11-9-13-35-37(33)23-36(26(5)6)40(35)38-27(7)22-32-10-8-12-34(39(32)38)31-20-16-29(17-21-31)25(3)4/h8-26,38,40H,1-7H3.